The second-order valence-electron chi connectivity index (χ2n) is 14.3. The van der Waals surface area contributed by atoms with Crippen LogP contribution in [0.3, 0.4) is 0 Å². The molecule has 2 unspecified atom stereocenters. The van der Waals surface area contributed by atoms with Gasteiger partial charge in [-0.1, -0.05) is 87.4 Å². The minimum Gasteiger partial charge on any atom is -0.388 e. The third-order valence-corrected chi connectivity index (χ3v) is 9.19. The quantitative estimate of drug-likeness (QED) is 0.0882. The maximum atomic E-state index is 10.7. The molecule has 7 heteroatoms. The molecule has 5 aromatic rings. The highest BCUT2D eigenvalue weighted by molar-refractivity contribution is 5.47. The first kappa shape index (κ1) is 40.3. The minimum absolute atomic E-state index is 0.0729. The molecule has 52 heavy (non-hydrogen) atoms. The summed E-state index contributed by atoms with van der Waals surface area (Å²) in [5, 5.41) is 14.2. The summed E-state index contributed by atoms with van der Waals surface area (Å²) in [4.78, 5) is 18.4. The molecule has 0 radical (unpaired) electrons. The Morgan fingerprint density at radius 3 is 1.67 bits per heavy atom. The second-order valence-corrected chi connectivity index (χ2v) is 14.3. The van der Waals surface area contributed by atoms with Crippen molar-refractivity contribution in [3.8, 4) is 0 Å². The molecule has 0 aliphatic carbocycles. The summed E-state index contributed by atoms with van der Waals surface area (Å²) in [6, 6.07) is 36.6. The van der Waals surface area contributed by atoms with Gasteiger partial charge in [0.2, 0.25) is 0 Å². The molecule has 0 spiro atoms. The number of nitrogens with one attached hydrogen (secondary N) is 1. The van der Waals surface area contributed by atoms with E-state index in [1.807, 2.05) is 48.5 Å². The van der Waals surface area contributed by atoms with Gasteiger partial charge in [-0.15, -0.1) is 0 Å². The van der Waals surface area contributed by atoms with Crippen molar-refractivity contribution in [1.29, 1.82) is 0 Å². The topological polar surface area (TPSA) is 77.4 Å². The fourth-order valence-electron chi connectivity index (χ4n) is 6.24. The van der Waals surface area contributed by atoms with Crippen molar-refractivity contribution in [2.24, 2.45) is 0 Å². The van der Waals surface area contributed by atoms with Gasteiger partial charge >= 0.3 is 0 Å². The van der Waals surface area contributed by atoms with Crippen molar-refractivity contribution in [1.82, 2.24) is 24.8 Å². The Bertz CT molecular complexity index is 1640. The zero-order valence-corrected chi connectivity index (χ0v) is 32.2. The van der Waals surface area contributed by atoms with Gasteiger partial charge in [0.15, 0.2) is 0 Å². The third-order valence-electron chi connectivity index (χ3n) is 9.19. The zero-order chi connectivity index (χ0) is 37.1. The van der Waals surface area contributed by atoms with E-state index < -0.39 is 6.10 Å². The van der Waals surface area contributed by atoms with Gasteiger partial charge in [0.25, 0.3) is 0 Å². The maximum Gasteiger partial charge on any atom is 0.0813 e. The van der Waals surface area contributed by atoms with Crippen molar-refractivity contribution in [3.05, 3.63) is 155 Å². The molecule has 0 saturated carbocycles. The van der Waals surface area contributed by atoms with Crippen LogP contribution in [0.5, 0.6) is 0 Å². The van der Waals surface area contributed by atoms with Crippen molar-refractivity contribution in [2.75, 3.05) is 32.5 Å². The summed E-state index contributed by atoms with van der Waals surface area (Å²) < 4.78 is 0. The zero-order valence-electron chi connectivity index (χ0n) is 32.2. The van der Waals surface area contributed by atoms with Crippen molar-refractivity contribution in [2.45, 2.75) is 91.0 Å². The Morgan fingerprint density at radius 2 is 1.17 bits per heavy atom. The highest BCUT2D eigenvalue weighted by Crippen LogP contribution is 2.29. The number of benzene rings is 2. The van der Waals surface area contributed by atoms with Crippen molar-refractivity contribution >= 4 is 5.69 Å². The number of aliphatic hydroxyl groups is 1. The van der Waals surface area contributed by atoms with E-state index in [0.717, 1.165) is 54.5 Å². The third kappa shape index (κ3) is 14.7. The van der Waals surface area contributed by atoms with E-state index >= 15 is 0 Å². The average molecular weight is 701 g/mol. The van der Waals surface area contributed by atoms with E-state index in [4.69, 9.17) is 0 Å². The van der Waals surface area contributed by atoms with Crippen LogP contribution < -0.4 is 5.32 Å². The number of aliphatic hydroxyl groups excluding tert-OH is 1. The van der Waals surface area contributed by atoms with E-state index in [-0.39, 0.29) is 6.04 Å². The average Bonchev–Trinajstić information content (AvgIpc) is 3.14. The van der Waals surface area contributed by atoms with Crippen LogP contribution in [0.2, 0.25) is 0 Å². The van der Waals surface area contributed by atoms with Gasteiger partial charge in [0.05, 0.1) is 29.2 Å². The fourth-order valence-corrected chi connectivity index (χ4v) is 6.24. The normalized spacial score (nSPS) is 12.4. The number of hydrogen-bond acceptors (Lipinski definition) is 7. The summed E-state index contributed by atoms with van der Waals surface area (Å²) >= 11 is 0. The fraction of sp³-hybridized carbons (Fsp3) is 0.400. The minimum atomic E-state index is -0.550. The Labute approximate surface area is 313 Å². The number of pyridine rings is 3. The highest BCUT2D eigenvalue weighted by atomic mass is 16.3. The number of aromatic nitrogens is 3. The van der Waals surface area contributed by atoms with Gasteiger partial charge in [-0.05, 0) is 119 Å². The molecule has 7 nitrogen and oxygen atoms in total. The molecule has 2 atom stereocenters. The van der Waals surface area contributed by atoms with Crippen LogP contribution in [0, 0.1) is 13.8 Å². The smallest absolute Gasteiger partial charge is 0.0813 e. The summed E-state index contributed by atoms with van der Waals surface area (Å²) in [6.45, 7) is 12.6. The molecule has 3 heterocycles. The first-order chi connectivity index (χ1) is 25.2. The van der Waals surface area contributed by atoms with Gasteiger partial charge in [0, 0.05) is 42.8 Å². The Balaban J connectivity index is 0.000000233. The molecule has 3 aromatic heterocycles. The van der Waals surface area contributed by atoms with Crippen LogP contribution in [-0.2, 0) is 13.1 Å². The summed E-state index contributed by atoms with van der Waals surface area (Å²) in [5.74, 6) is 0.510. The molecule has 276 valence electrons. The van der Waals surface area contributed by atoms with Crippen LogP contribution >= 0.6 is 0 Å². The molecular formula is C45H60N6O. The molecule has 0 fully saturated rings. The first-order valence-corrected chi connectivity index (χ1v) is 18.9. The number of nitrogens with zero attached hydrogens (tertiary/aromatic N) is 5. The molecule has 0 bridgehead atoms. The molecule has 0 aliphatic rings. The molecule has 2 aromatic carbocycles. The summed E-state index contributed by atoms with van der Waals surface area (Å²) in [7, 11) is 4.37. The predicted octanol–water partition coefficient (Wildman–Crippen LogP) is 9.70. The molecular weight excluding hydrogens is 641 g/mol. The second kappa shape index (κ2) is 21.8. The van der Waals surface area contributed by atoms with E-state index in [2.05, 4.69) is 133 Å². The lowest BCUT2D eigenvalue weighted by molar-refractivity contribution is 0.160. The first-order valence-electron chi connectivity index (χ1n) is 18.9. The van der Waals surface area contributed by atoms with Crippen molar-refractivity contribution in [3.63, 3.8) is 0 Å². The lowest BCUT2D eigenvalue weighted by Gasteiger charge is -2.23. The highest BCUT2D eigenvalue weighted by Gasteiger charge is 2.19. The van der Waals surface area contributed by atoms with E-state index in [1.165, 1.54) is 42.6 Å². The van der Waals surface area contributed by atoms with Crippen LogP contribution in [0.25, 0.3) is 0 Å². The van der Waals surface area contributed by atoms with Crippen LogP contribution in [0.1, 0.15) is 104 Å². The number of hydrogen-bond donors (Lipinski definition) is 2. The van der Waals surface area contributed by atoms with Crippen LogP contribution in [0.15, 0.2) is 115 Å². The Kier molecular flexibility index (Phi) is 16.9. The van der Waals surface area contributed by atoms with E-state index in [9.17, 15) is 5.11 Å². The van der Waals surface area contributed by atoms with Gasteiger partial charge in [-0.25, -0.2) is 0 Å². The number of rotatable bonds is 18. The van der Waals surface area contributed by atoms with Crippen LogP contribution in [-0.4, -0.2) is 57.0 Å². The lowest BCUT2D eigenvalue weighted by atomic mass is 9.99. The summed E-state index contributed by atoms with van der Waals surface area (Å²) in [5.41, 5.74) is 8.72. The van der Waals surface area contributed by atoms with Gasteiger partial charge in [-0.3, -0.25) is 15.0 Å². The number of unbranched alkanes of at least 4 members (excludes halogenated alkanes) is 3. The molecule has 0 amide bonds. The standard InChI is InChI=1S/C23H26N2O.C22H34N4/c1-17(2)18-11-13-20(14-12-18)25-22(21-10-6-7-15-24-21)16-23(26)19-8-4-3-5-9-19;1-19-11-9-13-21(23-19)17-25(3)15-7-5-6-8-16-26(4)18-22-14-10-12-20(2)24-22/h3-15,17,22-23,25-26H,16H2,1-2H3;9-14H,5-8,15-18H2,1-4H3. The summed E-state index contributed by atoms with van der Waals surface area (Å²) in [6.07, 6.45) is 6.89. The maximum absolute atomic E-state index is 10.7. The number of anilines is 1. The van der Waals surface area contributed by atoms with Gasteiger partial charge in [0.1, 0.15) is 0 Å². The van der Waals surface area contributed by atoms with Crippen LogP contribution in [0.4, 0.5) is 5.69 Å². The Hall–Kier alpha value is -4.43. The van der Waals surface area contributed by atoms with Crippen molar-refractivity contribution < 1.29 is 5.11 Å². The molecule has 2 N–H and O–H groups in total. The monoisotopic (exact) mass is 700 g/mol. The molecule has 5 rings (SSSR count). The van der Waals surface area contributed by atoms with Gasteiger partial charge in [-0.2, -0.15) is 0 Å². The van der Waals surface area contributed by atoms with E-state index in [0.29, 0.717) is 12.3 Å². The lowest BCUT2D eigenvalue weighted by Crippen LogP contribution is -2.21. The largest absolute Gasteiger partial charge is 0.388 e. The SMILES string of the molecule is CC(C)c1ccc(NC(CC(O)c2ccccc2)c2ccccn2)cc1.Cc1cccc(CN(C)CCCCCCN(C)Cc2cccc(C)n2)n1. The molecule has 0 saturated heterocycles. The predicted molar refractivity (Wildman–Crippen MR) is 216 cm³/mol. The van der Waals surface area contributed by atoms with E-state index in [1.54, 1.807) is 6.20 Å². The Morgan fingerprint density at radius 1 is 0.615 bits per heavy atom. The number of aryl methyl sites for hydroxylation is 2. The molecule has 0 aliphatic heterocycles. The van der Waals surface area contributed by atoms with Gasteiger partial charge < -0.3 is 20.2 Å².